The maximum Gasteiger partial charge on any atom is 0.244 e. The Hall–Kier alpha value is -1.51. The molecule has 1 aromatic carbocycles. The lowest BCUT2D eigenvalue weighted by Crippen LogP contribution is -2.27. The Labute approximate surface area is 119 Å². The summed E-state index contributed by atoms with van der Waals surface area (Å²) < 4.78 is 53.3. The first-order chi connectivity index (χ1) is 9.31. The van der Waals surface area contributed by atoms with Gasteiger partial charge in [0.2, 0.25) is 10.0 Å². The van der Waals surface area contributed by atoms with Crippen LogP contribution in [0.25, 0.3) is 0 Å². The third kappa shape index (κ3) is 2.97. The molecule has 1 unspecified atom stereocenters. The van der Waals surface area contributed by atoms with Crippen LogP contribution in [0.1, 0.15) is 18.5 Å². The van der Waals surface area contributed by atoms with Gasteiger partial charge >= 0.3 is 0 Å². The van der Waals surface area contributed by atoms with Crippen molar-refractivity contribution < 1.29 is 17.2 Å². The summed E-state index contributed by atoms with van der Waals surface area (Å²) in [5, 5.41) is 3.56. The lowest BCUT2D eigenvalue weighted by molar-refractivity contribution is 0.482. The number of halogens is 2. The molecule has 0 spiro atoms. The van der Waals surface area contributed by atoms with Gasteiger partial charge in [-0.2, -0.15) is 11.3 Å². The number of hydrogen-bond acceptors (Lipinski definition) is 4. The topological polar surface area (TPSA) is 72.2 Å². The van der Waals surface area contributed by atoms with E-state index in [-0.39, 0.29) is 5.69 Å². The molecule has 2 aromatic rings. The quantitative estimate of drug-likeness (QED) is 0.851. The molecule has 0 aliphatic carbocycles. The van der Waals surface area contributed by atoms with Crippen LogP contribution in [0.3, 0.4) is 0 Å². The highest BCUT2D eigenvalue weighted by molar-refractivity contribution is 7.89. The molecular formula is C12H12F2N2O2S2. The van der Waals surface area contributed by atoms with Crippen molar-refractivity contribution in [2.45, 2.75) is 17.9 Å². The molecule has 0 aliphatic rings. The van der Waals surface area contributed by atoms with Crippen molar-refractivity contribution in [3.63, 3.8) is 0 Å². The van der Waals surface area contributed by atoms with Crippen molar-refractivity contribution in [2.75, 3.05) is 5.73 Å². The average Bonchev–Trinajstić information content (AvgIpc) is 2.86. The van der Waals surface area contributed by atoms with Crippen LogP contribution in [0.5, 0.6) is 0 Å². The molecule has 3 N–H and O–H groups in total. The van der Waals surface area contributed by atoms with Gasteiger partial charge < -0.3 is 5.73 Å². The number of sulfonamides is 1. The van der Waals surface area contributed by atoms with Crippen LogP contribution < -0.4 is 10.5 Å². The Bertz CT molecular complexity index is 715. The fourth-order valence-electron chi connectivity index (χ4n) is 1.66. The second kappa shape index (κ2) is 5.47. The van der Waals surface area contributed by atoms with Gasteiger partial charge in [0, 0.05) is 11.7 Å². The number of anilines is 1. The lowest BCUT2D eigenvalue weighted by Gasteiger charge is -2.14. The zero-order valence-electron chi connectivity index (χ0n) is 10.4. The van der Waals surface area contributed by atoms with E-state index in [0.29, 0.717) is 0 Å². The summed E-state index contributed by atoms with van der Waals surface area (Å²) in [6, 6.07) is 2.81. The Morgan fingerprint density at radius 1 is 1.35 bits per heavy atom. The average molecular weight is 318 g/mol. The van der Waals surface area contributed by atoms with E-state index < -0.39 is 32.6 Å². The maximum absolute atomic E-state index is 13.6. The molecule has 8 heteroatoms. The molecule has 0 saturated heterocycles. The molecule has 0 radical (unpaired) electrons. The Morgan fingerprint density at radius 2 is 2.05 bits per heavy atom. The van der Waals surface area contributed by atoms with Crippen molar-refractivity contribution in [2.24, 2.45) is 0 Å². The van der Waals surface area contributed by atoms with Crippen LogP contribution in [0.2, 0.25) is 0 Å². The summed E-state index contributed by atoms with van der Waals surface area (Å²) in [5.74, 6) is -2.74. The molecule has 0 aliphatic heterocycles. The van der Waals surface area contributed by atoms with Gasteiger partial charge in [0.25, 0.3) is 0 Å². The summed E-state index contributed by atoms with van der Waals surface area (Å²) in [5.41, 5.74) is 5.93. The first kappa shape index (κ1) is 14.9. The lowest BCUT2D eigenvalue weighted by atomic mass is 10.2. The molecule has 1 atom stereocenters. The van der Waals surface area contributed by atoms with Gasteiger partial charge in [-0.15, -0.1) is 0 Å². The number of nitrogens with two attached hydrogens (primary N) is 1. The van der Waals surface area contributed by atoms with Crippen molar-refractivity contribution in [1.82, 2.24) is 4.72 Å². The highest BCUT2D eigenvalue weighted by Crippen LogP contribution is 2.24. The fraction of sp³-hybridized carbons (Fsp3) is 0.167. The number of nitrogens with one attached hydrogen (secondary N) is 1. The smallest absolute Gasteiger partial charge is 0.244 e. The number of hydrogen-bond donors (Lipinski definition) is 2. The molecule has 0 fully saturated rings. The highest BCUT2D eigenvalue weighted by Gasteiger charge is 2.25. The van der Waals surface area contributed by atoms with Gasteiger partial charge in [0.15, 0.2) is 11.6 Å². The van der Waals surface area contributed by atoms with Crippen molar-refractivity contribution in [3.8, 4) is 0 Å². The molecule has 1 aromatic heterocycles. The van der Waals surface area contributed by atoms with Gasteiger partial charge in [-0.1, -0.05) is 0 Å². The zero-order valence-corrected chi connectivity index (χ0v) is 12.1. The predicted octanol–water partition coefficient (Wildman–Crippen LogP) is 2.65. The largest absolute Gasteiger partial charge is 0.399 e. The van der Waals surface area contributed by atoms with Crippen LogP contribution in [-0.4, -0.2) is 8.42 Å². The van der Waals surface area contributed by atoms with Crippen LogP contribution in [-0.2, 0) is 10.0 Å². The van der Waals surface area contributed by atoms with Crippen LogP contribution in [0, 0.1) is 11.6 Å². The van der Waals surface area contributed by atoms with Crippen molar-refractivity contribution in [3.05, 3.63) is 46.2 Å². The van der Waals surface area contributed by atoms with Gasteiger partial charge in [0.1, 0.15) is 4.90 Å². The number of nitrogen functional groups attached to an aromatic ring is 1. The molecule has 0 bridgehead atoms. The Morgan fingerprint density at radius 3 is 2.65 bits per heavy atom. The third-order valence-electron chi connectivity index (χ3n) is 2.68. The minimum absolute atomic E-state index is 0.160. The first-order valence-electron chi connectivity index (χ1n) is 5.60. The molecule has 0 amide bonds. The first-order valence-corrected chi connectivity index (χ1v) is 8.03. The highest BCUT2D eigenvalue weighted by atomic mass is 32.2. The second-order valence-corrected chi connectivity index (χ2v) is 6.68. The van der Waals surface area contributed by atoms with E-state index >= 15 is 0 Å². The molecular weight excluding hydrogens is 306 g/mol. The van der Waals surface area contributed by atoms with E-state index in [0.717, 1.165) is 17.7 Å². The standard InChI is InChI=1S/C12H12F2N2O2S2/c1-7(8-2-3-19-6-8)16-20(17,18)11-5-9(15)4-10(13)12(11)14/h2-7,16H,15H2,1H3. The zero-order chi connectivity index (χ0) is 14.9. The number of benzene rings is 1. The van der Waals surface area contributed by atoms with E-state index in [2.05, 4.69) is 4.72 Å². The summed E-state index contributed by atoms with van der Waals surface area (Å²) in [4.78, 5) is -0.794. The van der Waals surface area contributed by atoms with E-state index in [9.17, 15) is 17.2 Å². The maximum atomic E-state index is 13.6. The van der Waals surface area contributed by atoms with E-state index in [1.54, 1.807) is 23.8 Å². The fourth-order valence-corrected chi connectivity index (χ4v) is 3.77. The summed E-state index contributed by atoms with van der Waals surface area (Å²) in [6.45, 7) is 1.61. The van der Waals surface area contributed by atoms with E-state index in [1.807, 2.05) is 0 Å². The number of thiophene rings is 1. The van der Waals surface area contributed by atoms with E-state index in [1.165, 1.54) is 11.3 Å². The predicted molar refractivity (Wildman–Crippen MR) is 73.8 cm³/mol. The minimum atomic E-state index is -4.20. The van der Waals surface area contributed by atoms with Crippen LogP contribution in [0.15, 0.2) is 33.9 Å². The third-order valence-corrected chi connectivity index (χ3v) is 4.92. The summed E-state index contributed by atoms with van der Waals surface area (Å²) >= 11 is 1.41. The van der Waals surface area contributed by atoms with Crippen molar-refractivity contribution in [1.29, 1.82) is 0 Å². The Balaban J connectivity index is 2.36. The minimum Gasteiger partial charge on any atom is -0.399 e. The van der Waals surface area contributed by atoms with Gasteiger partial charge in [-0.05, 0) is 41.4 Å². The molecule has 4 nitrogen and oxygen atoms in total. The van der Waals surface area contributed by atoms with Gasteiger partial charge in [-0.3, -0.25) is 0 Å². The van der Waals surface area contributed by atoms with Gasteiger partial charge in [-0.25, -0.2) is 21.9 Å². The van der Waals surface area contributed by atoms with Crippen LogP contribution >= 0.6 is 11.3 Å². The molecule has 2 rings (SSSR count). The second-order valence-electron chi connectivity index (χ2n) is 4.21. The Kier molecular flexibility index (Phi) is 4.07. The normalized spacial score (nSPS) is 13.3. The monoisotopic (exact) mass is 318 g/mol. The number of rotatable bonds is 4. The summed E-state index contributed by atoms with van der Waals surface area (Å²) in [6.07, 6.45) is 0. The van der Waals surface area contributed by atoms with Gasteiger partial charge in [0.05, 0.1) is 0 Å². The molecule has 20 heavy (non-hydrogen) atoms. The summed E-state index contributed by atoms with van der Waals surface area (Å²) in [7, 11) is -4.20. The SMILES string of the molecule is CC(NS(=O)(=O)c1cc(N)cc(F)c1F)c1ccsc1. The van der Waals surface area contributed by atoms with Crippen molar-refractivity contribution >= 4 is 27.0 Å². The van der Waals surface area contributed by atoms with Crippen LogP contribution in [0.4, 0.5) is 14.5 Å². The molecule has 108 valence electrons. The molecule has 0 saturated carbocycles. The molecule has 1 heterocycles. The van der Waals surface area contributed by atoms with E-state index in [4.69, 9.17) is 5.73 Å².